The number of amides is 1. The van der Waals surface area contributed by atoms with E-state index in [2.05, 4.69) is 28.1 Å². The van der Waals surface area contributed by atoms with Gasteiger partial charge in [0, 0.05) is 23.3 Å². The van der Waals surface area contributed by atoms with Crippen molar-refractivity contribution in [3.05, 3.63) is 52.3 Å². The summed E-state index contributed by atoms with van der Waals surface area (Å²) in [4.78, 5) is 14.5. The van der Waals surface area contributed by atoms with Gasteiger partial charge in [-0.25, -0.2) is 0 Å². The van der Waals surface area contributed by atoms with Crippen LogP contribution in [0, 0.1) is 0 Å². The highest BCUT2D eigenvalue weighted by Gasteiger charge is 2.54. The third-order valence-electron chi connectivity index (χ3n) is 4.35. The van der Waals surface area contributed by atoms with Gasteiger partial charge in [-0.2, -0.15) is 0 Å². The average Bonchev–Trinajstić information content (AvgIpc) is 3.06. The lowest BCUT2D eigenvalue weighted by Crippen LogP contribution is -2.36. The maximum Gasteiger partial charge on any atom is 0.271 e. The molecule has 1 aliphatic carbocycles. The van der Waals surface area contributed by atoms with E-state index in [-0.39, 0.29) is 11.4 Å². The van der Waals surface area contributed by atoms with Gasteiger partial charge in [0.05, 0.1) is 11.2 Å². The van der Waals surface area contributed by atoms with Crippen LogP contribution in [-0.4, -0.2) is 22.4 Å². The second-order valence-corrected chi connectivity index (χ2v) is 6.15. The number of benzene rings is 1. The van der Waals surface area contributed by atoms with Gasteiger partial charge in [0.25, 0.3) is 5.91 Å². The van der Waals surface area contributed by atoms with E-state index >= 15 is 0 Å². The molecule has 4 rings (SSSR count). The largest absolute Gasteiger partial charge is 0.331 e. The standard InChI is InChI=1S/C15H13BrN2O/c1-17-14(19)12-6-3-9-18(12)11-5-2-4-10(16)13(11)15(17)7-8-15/h2-6,9H,7-8H2,1H3. The SMILES string of the molecule is CN1C(=O)c2cccn2-c2cccc(Br)c2C12CC2. The highest BCUT2D eigenvalue weighted by Crippen LogP contribution is 2.55. The van der Waals surface area contributed by atoms with Gasteiger partial charge in [-0.05, 0) is 37.1 Å². The summed E-state index contributed by atoms with van der Waals surface area (Å²) in [5, 5.41) is 0. The molecule has 19 heavy (non-hydrogen) atoms. The summed E-state index contributed by atoms with van der Waals surface area (Å²) in [7, 11) is 1.92. The number of halogens is 1. The molecule has 1 amide bonds. The van der Waals surface area contributed by atoms with E-state index in [0.29, 0.717) is 0 Å². The molecule has 0 unspecified atom stereocenters. The van der Waals surface area contributed by atoms with E-state index in [1.54, 1.807) is 0 Å². The quantitative estimate of drug-likeness (QED) is 0.732. The fourth-order valence-electron chi connectivity index (χ4n) is 3.18. The van der Waals surface area contributed by atoms with Crippen LogP contribution in [0.3, 0.4) is 0 Å². The van der Waals surface area contributed by atoms with Crippen LogP contribution >= 0.6 is 15.9 Å². The van der Waals surface area contributed by atoms with Crippen molar-refractivity contribution in [2.24, 2.45) is 0 Å². The summed E-state index contributed by atoms with van der Waals surface area (Å²) in [6, 6.07) is 10.0. The van der Waals surface area contributed by atoms with Gasteiger partial charge >= 0.3 is 0 Å². The molecule has 2 heterocycles. The first-order chi connectivity index (χ1) is 9.15. The van der Waals surface area contributed by atoms with Crippen molar-refractivity contribution in [3.8, 4) is 5.69 Å². The summed E-state index contributed by atoms with van der Waals surface area (Å²) in [6.07, 6.45) is 4.04. The Labute approximate surface area is 120 Å². The molecule has 0 radical (unpaired) electrons. The van der Waals surface area contributed by atoms with Crippen molar-refractivity contribution < 1.29 is 4.79 Å². The van der Waals surface area contributed by atoms with E-state index < -0.39 is 0 Å². The maximum absolute atomic E-state index is 12.6. The van der Waals surface area contributed by atoms with Crippen molar-refractivity contribution in [1.82, 2.24) is 9.47 Å². The normalized spacial score (nSPS) is 19.1. The molecule has 4 heteroatoms. The monoisotopic (exact) mass is 316 g/mol. The smallest absolute Gasteiger partial charge is 0.271 e. The minimum absolute atomic E-state index is 0.102. The van der Waals surface area contributed by atoms with Crippen molar-refractivity contribution in [2.45, 2.75) is 18.4 Å². The summed E-state index contributed by atoms with van der Waals surface area (Å²) >= 11 is 3.67. The Hall–Kier alpha value is -1.55. The van der Waals surface area contributed by atoms with Crippen LogP contribution in [0.15, 0.2) is 41.0 Å². The van der Waals surface area contributed by atoms with Gasteiger partial charge in [-0.3, -0.25) is 4.79 Å². The molecule has 0 bridgehead atoms. The third kappa shape index (κ3) is 1.30. The first kappa shape index (κ1) is 11.3. The topological polar surface area (TPSA) is 25.2 Å². The van der Waals surface area contributed by atoms with Gasteiger partial charge in [0.15, 0.2) is 0 Å². The molecule has 3 nitrogen and oxygen atoms in total. The van der Waals surface area contributed by atoms with Gasteiger partial charge in [0.1, 0.15) is 5.69 Å². The van der Waals surface area contributed by atoms with Gasteiger partial charge in [-0.1, -0.05) is 22.0 Å². The summed E-state index contributed by atoms with van der Waals surface area (Å²) in [6.45, 7) is 0. The predicted octanol–water partition coefficient (Wildman–Crippen LogP) is 3.31. The number of hydrogen-bond donors (Lipinski definition) is 0. The molecule has 1 saturated carbocycles. The molecular weight excluding hydrogens is 304 g/mol. The highest BCUT2D eigenvalue weighted by molar-refractivity contribution is 9.10. The Morgan fingerprint density at radius 1 is 1.21 bits per heavy atom. The van der Waals surface area contributed by atoms with Gasteiger partial charge in [0.2, 0.25) is 0 Å². The molecule has 1 fully saturated rings. The molecule has 2 aromatic rings. The molecule has 1 aromatic heterocycles. The molecule has 1 spiro atoms. The molecule has 1 aliphatic heterocycles. The Balaban J connectivity index is 2.12. The minimum atomic E-state index is -0.120. The van der Waals surface area contributed by atoms with Crippen LogP contribution in [0.4, 0.5) is 0 Å². The van der Waals surface area contributed by atoms with Gasteiger partial charge < -0.3 is 9.47 Å². The molecular formula is C15H13BrN2O. The van der Waals surface area contributed by atoms with Crippen molar-refractivity contribution >= 4 is 21.8 Å². The van der Waals surface area contributed by atoms with E-state index in [1.165, 1.54) is 5.56 Å². The minimum Gasteiger partial charge on any atom is -0.331 e. The Bertz CT molecular complexity index is 700. The van der Waals surface area contributed by atoms with Crippen molar-refractivity contribution in [1.29, 1.82) is 0 Å². The van der Waals surface area contributed by atoms with Crippen LogP contribution in [0.25, 0.3) is 5.69 Å². The van der Waals surface area contributed by atoms with E-state index in [1.807, 2.05) is 40.9 Å². The summed E-state index contributed by atoms with van der Waals surface area (Å²) in [5.41, 5.74) is 2.97. The predicted molar refractivity (Wildman–Crippen MR) is 76.5 cm³/mol. The number of carbonyl (C=O) groups is 1. The number of hydrogen-bond acceptors (Lipinski definition) is 1. The zero-order chi connectivity index (χ0) is 13.2. The first-order valence-corrected chi connectivity index (χ1v) is 7.19. The lowest BCUT2D eigenvalue weighted by molar-refractivity contribution is 0.0704. The fourth-order valence-corrected chi connectivity index (χ4v) is 3.90. The van der Waals surface area contributed by atoms with Gasteiger partial charge in [-0.15, -0.1) is 0 Å². The molecule has 0 atom stereocenters. The van der Waals surface area contributed by atoms with E-state index in [0.717, 1.165) is 28.7 Å². The fraction of sp³-hybridized carbons (Fsp3) is 0.267. The van der Waals surface area contributed by atoms with E-state index in [4.69, 9.17) is 0 Å². The Morgan fingerprint density at radius 3 is 2.74 bits per heavy atom. The average molecular weight is 317 g/mol. The van der Waals surface area contributed by atoms with Crippen LogP contribution in [0.1, 0.15) is 28.9 Å². The summed E-state index contributed by atoms with van der Waals surface area (Å²) in [5.74, 6) is 0.102. The van der Waals surface area contributed by atoms with Crippen LogP contribution in [0.5, 0.6) is 0 Å². The molecule has 96 valence electrons. The van der Waals surface area contributed by atoms with E-state index in [9.17, 15) is 4.79 Å². The third-order valence-corrected chi connectivity index (χ3v) is 5.02. The number of aromatic nitrogens is 1. The highest BCUT2D eigenvalue weighted by atomic mass is 79.9. The van der Waals surface area contributed by atoms with Crippen LogP contribution < -0.4 is 0 Å². The molecule has 0 N–H and O–H groups in total. The van der Waals surface area contributed by atoms with Crippen LogP contribution in [0.2, 0.25) is 0 Å². The first-order valence-electron chi connectivity index (χ1n) is 6.40. The molecule has 2 aliphatic rings. The molecule has 0 saturated heterocycles. The second kappa shape index (κ2) is 3.51. The van der Waals surface area contributed by atoms with Crippen molar-refractivity contribution in [3.63, 3.8) is 0 Å². The Morgan fingerprint density at radius 2 is 2.00 bits per heavy atom. The number of fused-ring (bicyclic) bond motifs is 4. The lowest BCUT2D eigenvalue weighted by Gasteiger charge is -2.27. The van der Waals surface area contributed by atoms with Crippen molar-refractivity contribution in [2.75, 3.05) is 7.05 Å². The zero-order valence-corrected chi connectivity index (χ0v) is 12.1. The maximum atomic E-state index is 12.6. The number of nitrogens with zero attached hydrogens (tertiary/aromatic N) is 2. The second-order valence-electron chi connectivity index (χ2n) is 5.29. The van der Waals surface area contributed by atoms with Crippen LogP contribution in [-0.2, 0) is 5.54 Å². The number of carbonyl (C=O) groups excluding carboxylic acids is 1. The number of rotatable bonds is 0. The molecule has 1 aromatic carbocycles. The lowest BCUT2D eigenvalue weighted by atomic mass is 10.0. The zero-order valence-electron chi connectivity index (χ0n) is 10.6. The Kier molecular flexibility index (Phi) is 2.09. The summed E-state index contributed by atoms with van der Waals surface area (Å²) < 4.78 is 3.09.